The van der Waals surface area contributed by atoms with Crippen LogP contribution in [0.25, 0.3) is 0 Å². The summed E-state index contributed by atoms with van der Waals surface area (Å²) in [6.45, 7) is 1.67. The van der Waals surface area contributed by atoms with Crippen LogP contribution < -0.4 is 16.2 Å². The molecule has 7 heteroatoms. The van der Waals surface area contributed by atoms with Gasteiger partial charge in [-0.2, -0.15) is 11.3 Å². The molecule has 112 valence electrons. The van der Waals surface area contributed by atoms with Crippen molar-refractivity contribution < 1.29 is 9.90 Å². The van der Waals surface area contributed by atoms with E-state index in [2.05, 4.69) is 10.6 Å². The van der Waals surface area contributed by atoms with E-state index in [1.165, 1.54) is 22.0 Å². The maximum absolute atomic E-state index is 11.8. The van der Waals surface area contributed by atoms with Crippen LogP contribution in [0, 0.1) is 0 Å². The number of aryl methyl sites for hydroxylation is 1. The quantitative estimate of drug-likeness (QED) is 0.800. The lowest BCUT2D eigenvalue weighted by Gasteiger charge is -2.22. The highest BCUT2D eigenvalue weighted by atomic mass is 32.1. The third-order valence-electron chi connectivity index (χ3n) is 3.11. The van der Waals surface area contributed by atoms with Gasteiger partial charge in [0.2, 0.25) is 0 Å². The number of aliphatic hydroxyl groups is 1. The summed E-state index contributed by atoms with van der Waals surface area (Å²) in [5, 5.41) is 19.0. The summed E-state index contributed by atoms with van der Waals surface area (Å²) in [5.41, 5.74) is -0.521. The molecule has 2 amide bonds. The van der Waals surface area contributed by atoms with Crippen LogP contribution in [0.4, 0.5) is 10.5 Å². The first kappa shape index (κ1) is 15.3. The van der Waals surface area contributed by atoms with Crippen molar-refractivity contribution in [3.63, 3.8) is 0 Å². The molecule has 0 radical (unpaired) electrons. The van der Waals surface area contributed by atoms with Crippen LogP contribution in [-0.2, 0) is 12.6 Å². The van der Waals surface area contributed by atoms with Gasteiger partial charge in [-0.15, -0.1) is 0 Å². The van der Waals surface area contributed by atoms with Crippen molar-refractivity contribution in [2.75, 3.05) is 11.9 Å². The van der Waals surface area contributed by atoms with Gasteiger partial charge >= 0.3 is 6.03 Å². The number of amides is 2. The zero-order valence-corrected chi connectivity index (χ0v) is 12.6. The summed E-state index contributed by atoms with van der Waals surface area (Å²) in [6.07, 6.45) is 1.60. The fraction of sp³-hybridized carbons (Fsp3) is 0.286. The molecule has 6 nitrogen and oxygen atoms in total. The molecule has 0 bridgehead atoms. The van der Waals surface area contributed by atoms with E-state index in [-0.39, 0.29) is 17.8 Å². The average molecular weight is 307 g/mol. The Morgan fingerprint density at radius 2 is 2.24 bits per heavy atom. The fourth-order valence-corrected chi connectivity index (χ4v) is 2.57. The Morgan fingerprint density at radius 3 is 2.90 bits per heavy atom. The van der Waals surface area contributed by atoms with Gasteiger partial charge in [-0.3, -0.25) is 4.79 Å². The molecule has 2 aromatic rings. The molecule has 0 aliphatic rings. The van der Waals surface area contributed by atoms with E-state index in [9.17, 15) is 14.7 Å². The lowest BCUT2D eigenvalue weighted by molar-refractivity contribution is 0.0604. The molecular formula is C14H17N3O3S. The smallest absolute Gasteiger partial charge is 0.319 e. The molecule has 2 rings (SSSR count). The van der Waals surface area contributed by atoms with Crippen molar-refractivity contribution >= 4 is 23.1 Å². The summed E-state index contributed by atoms with van der Waals surface area (Å²) >= 11 is 1.47. The van der Waals surface area contributed by atoms with Gasteiger partial charge in [0.05, 0.1) is 6.54 Å². The number of hydrogen-bond acceptors (Lipinski definition) is 4. The molecule has 0 fully saturated rings. The number of carbonyl (C=O) groups excluding carboxylic acids is 1. The second-order valence-electron chi connectivity index (χ2n) is 4.93. The monoisotopic (exact) mass is 307 g/mol. The van der Waals surface area contributed by atoms with E-state index in [0.29, 0.717) is 0 Å². The van der Waals surface area contributed by atoms with Crippen molar-refractivity contribution in [1.82, 2.24) is 9.88 Å². The first-order chi connectivity index (χ1) is 9.90. The Morgan fingerprint density at radius 1 is 1.48 bits per heavy atom. The Hall–Kier alpha value is -2.12. The van der Waals surface area contributed by atoms with Gasteiger partial charge in [0.25, 0.3) is 5.56 Å². The van der Waals surface area contributed by atoms with Crippen LogP contribution in [0.1, 0.15) is 12.5 Å². The molecule has 0 aliphatic heterocycles. The maximum atomic E-state index is 11.8. The highest BCUT2D eigenvalue weighted by Gasteiger charge is 2.24. The van der Waals surface area contributed by atoms with E-state index in [0.717, 1.165) is 5.56 Å². The Labute approximate surface area is 126 Å². The van der Waals surface area contributed by atoms with Gasteiger partial charge in [-0.05, 0) is 41.4 Å². The number of anilines is 1. The molecule has 0 saturated carbocycles. The molecule has 1 atom stereocenters. The van der Waals surface area contributed by atoms with Crippen LogP contribution in [0.2, 0.25) is 0 Å². The molecule has 0 unspecified atom stereocenters. The van der Waals surface area contributed by atoms with E-state index in [4.69, 9.17) is 0 Å². The van der Waals surface area contributed by atoms with Crippen molar-refractivity contribution in [1.29, 1.82) is 0 Å². The van der Waals surface area contributed by atoms with E-state index in [1.807, 2.05) is 10.8 Å². The fourth-order valence-electron chi connectivity index (χ4n) is 1.78. The summed E-state index contributed by atoms with van der Waals surface area (Å²) in [4.78, 5) is 23.6. The third kappa shape index (κ3) is 3.71. The zero-order valence-electron chi connectivity index (χ0n) is 11.8. The zero-order chi connectivity index (χ0) is 15.5. The van der Waals surface area contributed by atoms with Gasteiger partial charge in [-0.25, -0.2) is 4.79 Å². The first-order valence-electron chi connectivity index (χ1n) is 6.36. The standard InChI is InChI=1S/C14H17N3O3S/c1-14(20,10-5-7-21-8-10)9-15-13(19)16-11-4-3-6-17(2)12(11)18/h3-8,20H,9H2,1-2H3,(H2,15,16,19)/t14-/m1/s1. The number of pyridine rings is 1. The molecule has 0 aliphatic carbocycles. The number of rotatable bonds is 4. The van der Waals surface area contributed by atoms with Crippen LogP contribution in [0.5, 0.6) is 0 Å². The Bertz CT molecular complexity index is 677. The summed E-state index contributed by atoms with van der Waals surface area (Å²) in [7, 11) is 1.60. The lowest BCUT2D eigenvalue weighted by Crippen LogP contribution is -2.41. The Kier molecular flexibility index (Phi) is 4.44. The molecule has 2 aromatic heterocycles. The lowest BCUT2D eigenvalue weighted by atomic mass is 9.99. The maximum Gasteiger partial charge on any atom is 0.319 e. The normalized spacial score (nSPS) is 13.5. The Balaban J connectivity index is 1.97. The molecule has 0 spiro atoms. The van der Waals surface area contributed by atoms with Crippen LogP contribution in [0.3, 0.4) is 0 Å². The third-order valence-corrected chi connectivity index (χ3v) is 3.79. The van der Waals surface area contributed by atoms with Crippen LogP contribution in [0.15, 0.2) is 40.0 Å². The van der Waals surface area contributed by atoms with E-state index >= 15 is 0 Å². The first-order valence-corrected chi connectivity index (χ1v) is 7.30. The van der Waals surface area contributed by atoms with Gasteiger partial charge < -0.3 is 20.3 Å². The number of nitrogens with zero attached hydrogens (tertiary/aromatic N) is 1. The van der Waals surface area contributed by atoms with Crippen molar-refractivity contribution in [2.45, 2.75) is 12.5 Å². The number of urea groups is 1. The minimum atomic E-state index is -1.15. The predicted molar refractivity (Wildman–Crippen MR) is 82.6 cm³/mol. The number of hydrogen-bond donors (Lipinski definition) is 3. The second-order valence-corrected chi connectivity index (χ2v) is 5.71. The number of carbonyl (C=O) groups is 1. The van der Waals surface area contributed by atoms with Crippen LogP contribution in [-0.4, -0.2) is 22.2 Å². The molecule has 2 heterocycles. The van der Waals surface area contributed by atoms with Gasteiger partial charge in [0.15, 0.2) is 0 Å². The van der Waals surface area contributed by atoms with Gasteiger partial charge in [-0.1, -0.05) is 0 Å². The van der Waals surface area contributed by atoms with Crippen molar-refractivity contribution in [3.8, 4) is 0 Å². The molecule has 0 aromatic carbocycles. The summed E-state index contributed by atoms with van der Waals surface area (Å²) < 4.78 is 1.37. The van der Waals surface area contributed by atoms with Gasteiger partial charge in [0, 0.05) is 13.2 Å². The number of thiophene rings is 1. The topological polar surface area (TPSA) is 83.4 Å². The van der Waals surface area contributed by atoms with Crippen molar-refractivity contribution in [2.24, 2.45) is 7.05 Å². The number of aromatic nitrogens is 1. The minimum Gasteiger partial charge on any atom is -0.384 e. The summed E-state index contributed by atoms with van der Waals surface area (Å²) in [6, 6.07) is 4.46. The average Bonchev–Trinajstić information content (AvgIpc) is 2.97. The van der Waals surface area contributed by atoms with E-state index < -0.39 is 11.6 Å². The predicted octanol–water partition coefficient (Wildman–Crippen LogP) is 1.48. The second kappa shape index (κ2) is 6.11. The molecule has 21 heavy (non-hydrogen) atoms. The van der Waals surface area contributed by atoms with Crippen LogP contribution >= 0.6 is 11.3 Å². The summed E-state index contributed by atoms with van der Waals surface area (Å²) in [5.74, 6) is 0. The van der Waals surface area contributed by atoms with Crippen molar-refractivity contribution in [3.05, 3.63) is 51.1 Å². The van der Waals surface area contributed by atoms with E-state index in [1.54, 1.807) is 32.3 Å². The highest BCUT2D eigenvalue weighted by molar-refractivity contribution is 7.08. The largest absolute Gasteiger partial charge is 0.384 e. The number of nitrogens with one attached hydrogen (secondary N) is 2. The molecule has 3 N–H and O–H groups in total. The molecular weight excluding hydrogens is 290 g/mol. The minimum absolute atomic E-state index is 0.0444. The molecule has 0 saturated heterocycles. The SMILES string of the molecule is Cn1cccc(NC(=O)NC[C@@](C)(O)c2ccsc2)c1=O. The highest BCUT2D eigenvalue weighted by Crippen LogP contribution is 2.21. The van der Waals surface area contributed by atoms with Gasteiger partial charge in [0.1, 0.15) is 11.3 Å².